The van der Waals surface area contributed by atoms with Gasteiger partial charge in [0.1, 0.15) is 17.5 Å². The average Bonchev–Trinajstić information content (AvgIpc) is 2.63. The van der Waals surface area contributed by atoms with E-state index in [1.807, 2.05) is 4.90 Å². The highest BCUT2D eigenvalue weighted by atomic mass is 19.1. The minimum Gasteiger partial charge on any atom is -0.369 e. The zero-order valence-electron chi connectivity index (χ0n) is 15.1. The average molecular weight is 377 g/mol. The first kappa shape index (κ1) is 19.2. The van der Waals surface area contributed by atoms with E-state index in [-0.39, 0.29) is 23.8 Å². The molecule has 7 heteroatoms. The van der Waals surface area contributed by atoms with Gasteiger partial charge >= 0.3 is 0 Å². The summed E-state index contributed by atoms with van der Waals surface area (Å²) in [5.41, 5.74) is 1.21. The van der Waals surface area contributed by atoms with Crippen LogP contribution in [0.5, 0.6) is 0 Å². The third-order valence-electron chi connectivity index (χ3n) is 4.74. The molecule has 0 saturated carbocycles. The van der Waals surface area contributed by atoms with E-state index in [2.05, 4.69) is 10.2 Å². The van der Waals surface area contributed by atoms with Gasteiger partial charge in [0.05, 0.1) is 12.6 Å². The Balaban J connectivity index is 1.48. The highest BCUT2D eigenvalue weighted by Crippen LogP contribution is 2.19. The van der Waals surface area contributed by atoms with Crippen LogP contribution in [0.3, 0.4) is 0 Å². The molecule has 4 nitrogen and oxygen atoms in total. The van der Waals surface area contributed by atoms with Gasteiger partial charge in [0, 0.05) is 43.5 Å². The number of rotatable bonds is 5. The van der Waals surface area contributed by atoms with Gasteiger partial charge in [-0.05, 0) is 37.3 Å². The number of nitrogens with one attached hydrogen (secondary N) is 1. The second-order valence-corrected chi connectivity index (χ2v) is 6.69. The highest BCUT2D eigenvalue weighted by Gasteiger charge is 2.21. The minimum atomic E-state index is -0.671. The summed E-state index contributed by atoms with van der Waals surface area (Å²) < 4.78 is 39.8. The Morgan fingerprint density at radius 3 is 2.26 bits per heavy atom. The summed E-state index contributed by atoms with van der Waals surface area (Å²) in [5, 5.41) is 2.75. The number of hydrogen-bond acceptors (Lipinski definition) is 3. The molecular formula is C20H22F3N3O. The monoisotopic (exact) mass is 377 g/mol. The number of benzene rings is 2. The van der Waals surface area contributed by atoms with Crippen molar-refractivity contribution < 1.29 is 18.0 Å². The van der Waals surface area contributed by atoms with Crippen LogP contribution in [-0.2, 0) is 4.79 Å². The van der Waals surface area contributed by atoms with Gasteiger partial charge in [-0.3, -0.25) is 9.69 Å². The number of piperazine rings is 1. The zero-order chi connectivity index (χ0) is 19.4. The molecule has 1 aliphatic rings. The molecule has 2 aromatic carbocycles. The van der Waals surface area contributed by atoms with Gasteiger partial charge in [-0.2, -0.15) is 0 Å². The molecule has 1 N–H and O–H groups in total. The van der Waals surface area contributed by atoms with Crippen molar-refractivity contribution in [2.45, 2.75) is 13.0 Å². The molecule has 1 heterocycles. The molecule has 0 aliphatic carbocycles. The van der Waals surface area contributed by atoms with Crippen LogP contribution < -0.4 is 10.2 Å². The highest BCUT2D eigenvalue weighted by molar-refractivity contribution is 5.78. The first-order valence-electron chi connectivity index (χ1n) is 8.89. The van der Waals surface area contributed by atoms with Crippen LogP contribution >= 0.6 is 0 Å². The molecule has 1 saturated heterocycles. The molecule has 3 rings (SSSR count). The minimum absolute atomic E-state index is 0.207. The smallest absolute Gasteiger partial charge is 0.234 e. The lowest BCUT2D eigenvalue weighted by atomic mass is 10.1. The second-order valence-electron chi connectivity index (χ2n) is 6.69. The molecule has 1 atom stereocenters. The molecule has 1 amide bonds. The van der Waals surface area contributed by atoms with E-state index < -0.39 is 17.7 Å². The molecule has 1 aliphatic heterocycles. The predicted octanol–water partition coefficient (Wildman–Crippen LogP) is 3.10. The van der Waals surface area contributed by atoms with Crippen LogP contribution in [0.25, 0.3) is 0 Å². The molecule has 1 fully saturated rings. The number of carbonyl (C=O) groups is 1. The maximum atomic E-state index is 13.8. The van der Waals surface area contributed by atoms with Crippen molar-refractivity contribution in [3.63, 3.8) is 0 Å². The fraction of sp³-hybridized carbons (Fsp3) is 0.350. The van der Waals surface area contributed by atoms with Crippen molar-refractivity contribution in [2.24, 2.45) is 0 Å². The Labute approximate surface area is 156 Å². The number of hydrogen-bond donors (Lipinski definition) is 1. The van der Waals surface area contributed by atoms with Gasteiger partial charge in [0.2, 0.25) is 5.91 Å². The van der Waals surface area contributed by atoms with E-state index in [1.165, 1.54) is 24.3 Å². The first-order chi connectivity index (χ1) is 12.9. The van der Waals surface area contributed by atoms with Crippen molar-refractivity contribution >= 4 is 11.6 Å². The molecular weight excluding hydrogens is 355 g/mol. The molecule has 0 spiro atoms. The van der Waals surface area contributed by atoms with E-state index in [0.29, 0.717) is 13.1 Å². The Bertz CT molecular complexity index is 790. The van der Waals surface area contributed by atoms with Gasteiger partial charge in [0.25, 0.3) is 0 Å². The van der Waals surface area contributed by atoms with Gasteiger partial charge < -0.3 is 10.2 Å². The van der Waals surface area contributed by atoms with E-state index in [4.69, 9.17) is 0 Å². The third kappa shape index (κ3) is 5.01. The van der Waals surface area contributed by atoms with Crippen LogP contribution in [-0.4, -0.2) is 43.5 Å². The van der Waals surface area contributed by atoms with Crippen molar-refractivity contribution in [2.75, 3.05) is 37.6 Å². The normalized spacial score (nSPS) is 16.2. The lowest BCUT2D eigenvalue weighted by Crippen LogP contribution is -2.49. The molecule has 0 bridgehead atoms. The van der Waals surface area contributed by atoms with Crippen LogP contribution in [0.2, 0.25) is 0 Å². The van der Waals surface area contributed by atoms with Gasteiger partial charge in [-0.15, -0.1) is 0 Å². The van der Waals surface area contributed by atoms with Crippen LogP contribution in [0.4, 0.5) is 18.9 Å². The lowest BCUT2D eigenvalue weighted by Gasteiger charge is -2.35. The Morgan fingerprint density at radius 2 is 1.63 bits per heavy atom. The Morgan fingerprint density at radius 1 is 1.00 bits per heavy atom. The number of halogens is 3. The quantitative estimate of drug-likeness (QED) is 0.870. The standard InChI is InChI=1S/C20H22F3N3O/c1-14(18-7-4-16(22)12-19(18)23)24-20(27)13-25-8-10-26(11-9-25)17-5-2-15(21)3-6-17/h2-7,12,14H,8-11,13H2,1H3,(H,24,27)/t14-/m1/s1. The number of carbonyl (C=O) groups excluding carboxylic acids is 1. The summed E-state index contributed by atoms with van der Waals surface area (Å²) in [6.07, 6.45) is 0. The molecule has 144 valence electrons. The second kappa shape index (κ2) is 8.43. The number of anilines is 1. The zero-order valence-corrected chi connectivity index (χ0v) is 15.1. The number of amides is 1. The first-order valence-corrected chi connectivity index (χ1v) is 8.89. The van der Waals surface area contributed by atoms with Gasteiger partial charge in [0.15, 0.2) is 0 Å². The molecule has 0 aromatic heterocycles. The largest absolute Gasteiger partial charge is 0.369 e. The van der Waals surface area contributed by atoms with Crippen molar-refractivity contribution in [1.82, 2.24) is 10.2 Å². The summed E-state index contributed by atoms with van der Waals surface area (Å²) in [6, 6.07) is 9.15. The summed E-state index contributed by atoms with van der Waals surface area (Å²) in [4.78, 5) is 16.4. The third-order valence-corrected chi connectivity index (χ3v) is 4.74. The Hall–Kier alpha value is -2.54. The predicted molar refractivity (Wildman–Crippen MR) is 98.0 cm³/mol. The summed E-state index contributed by atoms with van der Waals surface area (Å²) in [5.74, 6) is -1.79. The van der Waals surface area contributed by atoms with Crippen LogP contribution in [0, 0.1) is 17.5 Å². The summed E-state index contributed by atoms with van der Waals surface area (Å²) >= 11 is 0. The van der Waals surface area contributed by atoms with E-state index in [0.717, 1.165) is 24.8 Å². The van der Waals surface area contributed by atoms with E-state index >= 15 is 0 Å². The topological polar surface area (TPSA) is 35.6 Å². The lowest BCUT2D eigenvalue weighted by molar-refractivity contribution is -0.123. The summed E-state index contributed by atoms with van der Waals surface area (Å²) in [7, 11) is 0. The van der Waals surface area contributed by atoms with Crippen molar-refractivity contribution in [3.8, 4) is 0 Å². The van der Waals surface area contributed by atoms with Crippen LogP contribution in [0.1, 0.15) is 18.5 Å². The van der Waals surface area contributed by atoms with E-state index in [1.54, 1.807) is 19.1 Å². The fourth-order valence-corrected chi connectivity index (χ4v) is 3.24. The summed E-state index contributed by atoms with van der Waals surface area (Å²) in [6.45, 7) is 4.75. The molecule has 27 heavy (non-hydrogen) atoms. The van der Waals surface area contributed by atoms with Gasteiger partial charge in [-0.25, -0.2) is 13.2 Å². The Kier molecular flexibility index (Phi) is 6.01. The van der Waals surface area contributed by atoms with Crippen LogP contribution in [0.15, 0.2) is 42.5 Å². The maximum Gasteiger partial charge on any atom is 0.234 e. The van der Waals surface area contributed by atoms with E-state index in [9.17, 15) is 18.0 Å². The SMILES string of the molecule is C[C@@H](NC(=O)CN1CCN(c2ccc(F)cc2)CC1)c1ccc(F)cc1F. The molecule has 0 unspecified atom stereocenters. The van der Waals surface area contributed by atoms with Gasteiger partial charge in [-0.1, -0.05) is 6.07 Å². The van der Waals surface area contributed by atoms with Crippen molar-refractivity contribution in [3.05, 3.63) is 65.5 Å². The molecule has 0 radical (unpaired) electrons. The molecule has 2 aromatic rings. The van der Waals surface area contributed by atoms with Crippen molar-refractivity contribution in [1.29, 1.82) is 0 Å². The number of nitrogens with zero attached hydrogens (tertiary/aromatic N) is 2. The fourth-order valence-electron chi connectivity index (χ4n) is 3.24. The maximum absolute atomic E-state index is 13.8.